The molecule has 2 aromatic carbocycles. The largest absolute Gasteiger partial charge is 0.497 e. The van der Waals surface area contributed by atoms with Crippen LogP contribution in [-0.4, -0.2) is 26.2 Å². The summed E-state index contributed by atoms with van der Waals surface area (Å²) in [4.78, 5) is 12.0. The summed E-state index contributed by atoms with van der Waals surface area (Å²) in [6, 6.07) is 11.1. The first-order valence-corrected chi connectivity index (χ1v) is 8.21. The minimum absolute atomic E-state index is 0.200. The molecule has 5 nitrogen and oxygen atoms in total. The molecule has 0 fully saturated rings. The molecule has 2 aromatic rings. The van der Waals surface area contributed by atoms with Crippen molar-refractivity contribution in [3.63, 3.8) is 0 Å². The second-order valence-corrected chi connectivity index (χ2v) is 5.84. The van der Waals surface area contributed by atoms with Crippen molar-refractivity contribution in [2.24, 2.45) is 0 Å². The number of hydrogen-bond acceptors (Lipinski definition) is 4. The first-order chi connectivity index (χ1) is 12.2. The van der Waals surface area contributed by atoms with E-state index in [1.807, 2.05) is 30.3 Å². The fourth-order valence-electron chi connectivity index (χ4n) is 2.43. The number of carbonyl (C=O) groups excluding carboxylic acids is 1. The molecule has 6 heteroatoms. The Morgan fingerprint density at radius 2 is 2.12 bits per heavy atom. The maximum absolute atomic E-state index is 12.0. The van der Waals surface area contributed by atoms with E-state index in [9.17, 15) is 4.79 Å². The second-order valence-electron chi connectivity index (χ2n) is 5.43. The van der Waals surface area contributed by atoms with E-state index in [4.69, 9.17) is 25.8 Å². The summed E-state index contributed by atoms with van der Waals surface area (Å²) in [5.74, 6) is 1.71. The lowest BCUT2D eigenvalue weighted by atomic mass is 10.2. The summed E-state index contributed by atoms with van der Waals surface area (Å²) in [5.41, 5.74) is 1.73. The summed E-state index contributed by atoms with van der Waals surface area (Å²) in [6.07, 6.45) is 3.21. The average Bonchev–Trinajstić information content (AvgIpc) is 2.65. The van der Waals surface area contributed by atoms with Gasteiger partial charge in [-0.2, -0.15) is 0 Å². The Hall–Kier alpha value is -2.66. The van der Waals surface area contributed by atoms with Crippen LogP contribution in [0.2, 0.25) is 5.02 Å². The van der Waals surface area contributed by atoms with Gasteiger partial charge in [0.25, 0.3) is 0 Å². The van der Waals surface area contributed by atoms with Gasteiger partial charge in [0.2, 0.25) is 5.91 Å². The van der Waals surface area contributed by atoms with Gasteiger partial charge in [-0.25, -0.2) is 0 Å². The number of rotatable bonds is 5. The molecule has 25 heavy (non-hydrogen) atoms. The number of carbonyl (C=O) groups is 1. The van der Waals surface area contributed by atoms with Crippen molar-refractivity contribution in [2.45, 2.75) is 6.54 Å². The molecule has 0 spiro atoms. The summed E-state index contributed by atoms with van der Waals surface area (Å²) in [6.45, 7) is 1.32. The van der Waals surface area contributed by atoms with Crippen LogP contribution in [0.4, 0.5) is 0 Å². The zero-order valence-corrected chi connectivity index (χ0v) is 14.5. The Bertz CT molecular complexity index is 804. The molecular weight excluding hydrogens is 342 g/mol. The summed E-state index contributed by atoms with van der Waals surface area (Å²) in [7, 11) is 1.61. The molecule has 1 amide bonds. The lowest BCUT2D eigenvalue weighted by molar-refractivity contribution is -0.116. The van der Waals surface area contributed by atoms with Gasteiger partial charge in [-0.3, -0.25) is 4.79 Å². The minimum Gasteiger partial charge on any atom is -0.497 e. The van der Waals surface area contributed by atoms with Crippen LogP contribution < -0.4 is 19.5 Å². The Morgan fingerprint density at radius 1 is 1.28 bits per heavy atom. The van der Waals surface area contributed by atoms with Crippen LogP contribution >= 0.6 is 11.6 Å². The predicted octanol–water partition coefficient (Wildman–Crippen LogP) is 3.45. The third-order valence-corrected chi connectivity index (χ3v) is 3.93. The molecule has 1 aliphatic heterocycles. The fourth-order valence-corrected chi connectivity index (χ4v) is 2.72. The summed E-state index contributed by atoms with van der Waals surface area (Å²) >= 11 is 6.19. The number of halogens is 1. The SMILES string of the molecule is COc1cccc(/C=C/C(=O)NCc2cc(Cl)c3c(c2)OCCO3)c1. The van der Waals surface area contributed by atoms with Gasteiger partial charge in [-0.15, -0.1) is 0 Å². The lowest BCUT2D eigenvalue weighted by Crippen LogP contribution is -2.21. The number of amides is 1. The molecule has 0 aliphatic carbocycles. The normalized spacial score (nSPS) is 12.9. The highest BCUT2D eigenvalue weighted by molar-refractivity contribution is 6.32. The highest BCUT2D eigenvalue weighted by Crippen LogP contribution is 2.38. The zero-order chi connectivity index (χ0) is 17.6. The Labute approximate surface area is 151 Å². The molecule has 0 radical (unpaired) electrons. The van der Waals surface area contributed by atoms with E-state index >= 15 is 0 Å². The van der Waals surface area contributed by atoms with E-state index in [0.29, 0.717) is 36.3 Å². The third kappa shape index (κ3) is 4.45. The van der Waals surface area contributed by atoms with Crippen LogP contribution in [0.1, 0.15) is 11.1 Å². The number of methoxy groups -OCH3 is 1. The maximum Gasteiger partial charge on any atom is 0.244 e. The molecule has 1 heterocycles. The van der Waals surface area contributed by atoms with E-state index in [2.05, 4.69) is 5.32 Å². The molecule has 0 unspecified atom stereocenters. The van der Waals surface area contributed by atoms with Crippen molar-refractivity contribution in [2.75, 3.05) is 20.3 Å². The number of ether oxygens (including phenoxy) is 3. The Kier molecular flexibility index (Phi) is 5.46. The molecule has 3 rings (SSSR count). The van der Waals surface area contributed by atoms with Gasteiger partial charge in [-0.05, 0) is 41.5 Å². The predicted molar refractivity (Wildman–Crippen MR) is 96.3 cm³/mol. The van der Waals surface area contributed by atoms with E-state index in [1.165, 1.54) is 6.08 Å². The molecule has 1 N–H and O–H groups in total. The van der Waals surface area contributed by atoms with Gasteiger partial charge >= 0.3 is 0 Å². The van der Waals surface area contributed by atoms with Gasteiger partial charge in [0, 0.05) is 12.6 Å². The van der Waals surface area contributed by atoms with Crippen LogP contribution in [0.25, 0.3) is 6.08 Å². The van der Waals surface area contributed by atoms with Crippen molar-refractivity contribution in [3.8, 4) is 17.2 Å². The molecule has 0 bridgehead atoms. The van der Waals surface area contributed by atoms with E-state index in [0.717, 1.165) is 16.9 Å². The fraction of sp³-hybridized carbons (Fsp3) is 0.211. The average molecular weight is 360 g/mol. The summed E-state index contributed by atoms with van der Waals surface area (Å²) in [5, 5.41) is 3.30. The molecule has 1 aliphatic rings. The quantitative estimate of drug-likeness (QED) is 0.831. The van der Waals surface area contributed by atoms with E-state index in [-0.39, 0.29) is 5.91 Å². The molecule has 0 saturated heterocycles. The monoisotopic (exact) mass is 359 g/mol. The van der Waals surface area contributed by atoms with Crippen molar-refractivity contribution in [1.29, 1.82) is 0 Å². The first kappa shape index (κ1) is 17.2. The highest BCUT2D eigenvalue weighted by atomic mass is 35.5. The number of benzene rings is 2. The Morgan fingerprint density at radius 3 is 2.96 bits per heavy atom. The van der Waals surface area contributed by atoms with E-state index < -0.39 is 0 Å². The minimum atomic E-state index is -0.200. The topological polar surface area (TPSA) is 56.8 Å². The van der Waals surface area contributed by atoms with Crippen LogP contribution in [0.15, 0.2) is 42.5 Å². The number of nitrogens with one attached hydrogen (secondary N) is 1. The maximum atomic E-state index is 12.0. The lowest BCUT2D eigenvalue weighted by Gasteiger charge is -2.20. The standard InChI is InChI=1S/C19H18ClNO4/c1-23-15-4-2-3-13(9-15)5-6-18(22)21-12-14-10-16(20)19-17(11-14)24-7-8-25-19/h2-6,9-11H,7-8,12H2,1H3,(H,21,22)/b6-5+. The smallest absolute Gasteiger partial charge is 0.244 e. The molecule has 0 atom stereocenters. The number of fused-ring (bicyclic) bond motifs is 1. The zero-order valence-electron chi connectivity index (χ0n) is 13.8. The van der Waals surface area contributed by atoms with Gasteiger partial charge in [-0.1, -0.05) is 23.7 Å². The van der Waals surface area contributed by atoms with Gasteiger partial charge in [0.1, 0.15) is 19.0 Å². The summed E-state index contributed by atoms with van der Waals surface area (Å²) < 4.78 is 16.2. The van der Waals surface area contributed by atoms with Crippen LogP contribution in [0, 0.1) is 0 Å². The molecule has 130 valence electrons. The Balaban J connectivity index is 1.60. The van der Waals surface area contributed by atoms with Crippen LogP contribution in [0.3, 0.4) is 0 Å². The van der Waals surface area contributed by atoms with E-state index in [1.54, 1.807) is 19.3 Å². The van der Waals surface area contributed by atoms with Gasteiger partial charge < -0.3 is 19.5 Å². The molecular formula is C19H18ClNO4. The van der Waals surface area contributed by atoms with Crippen LogP contribution in [0.5, 0.6) is 17.2 Å². The first-order valence-electron chi connectivity index (χ1n) is 7.83. The second kappa shape index (κ2) is 7.94. The van der Waals surface area contributed by atoms with Crippen molar-refractivity contribution in [3.05, 3.63) is 58.6 Å². The highest BCUT2D eigenvalue weighted by Gasteiger charge is 2.16. The third-order valence-electron chi connectivity index (χ3n) is 3.64. The van der Waals surface area contributed by atoms with Gasteiger partial charge in [0.15, 0.2) is 11.5 Å². The van der Waals surface area contributed by atoms with Crippen LogP contribution in [-0.2, 0) is 11.3 Å². The van der Waals surface area contributed by atoms with Crippen molar-refractivity contribution in [1.82, 2.24) is 5.32 Å². The van der Waals surface area contributed by atoms with Crippen molar-refractivity contribution >= 4 is 23.6 Å². The molecule has 0 saturated carbocycles. The van der Waals surface area contributed by atoms with Gasteiger partial charge in [0.05, 0.1) is 12.1 Å². The number of hydrogen-bond donors (Lipinski definition) is 1. The molecule has 0 aromatic heterocycles. The van der Waals surface area contributed by atoms with Crippen molar-refractivity contribution < 1.29 is 19.0 Å².